The highest BCUT2D eigenvalue weighted by Crippen LogP contribution is 2.32. The predicted octanol–water partition coefficient (Wildman–Crippen LogP) is 4.29. The Morgan fingerprint density at radius 3 is 2.72 bits per heavy atom. The summed E-state index contributed by atoms with van der Waals surface area (Å²) in [6.45, 7) is 8.24. The smallest absolute Gasteiger partial charge is 0.183 e. The summed E-state index contributed by atoms with van der Waals surface area (Å²) in [7, 11) is 0. The van der Waals surface area contributed by atoms with Crippen molar-refractivity contribution in [3.8, 4) is 11.3 Å². The van der Waals surface area contributed by atoms with E-state index in [1.54, 1.807) is 0 Å². The lowest BCUT2D eigenvalue weighted by molar-refractivity contribution is 0.0378. The largest absolute Gasteiger partial charge is 0.379 e. The minimum absolute atomic E-state index is 0.876. The van der Waals surface area contributed by atoms with Crippen LogP contribution in [-0.4, -0.2) is 49.3 Å². The molecule has 2 heterocycles. The van der Waals surface area contributed by atoms with Gasteiger partial charge in [0, 0.05) is 30.1 Å². The molecule has 0 saturated carbocycles. The van der Waals surface area contributed by atoms with Crippen molar-refractivity contribution >= 4 is 16.5 Å². The zero-order chi connectivity index (χ0) is 17.3. The maximum atomic E-state index is 5.40. The van der Waals surface area contributed by atoms with Gasteiger partial charge in [-0.2, -0.15) is 0 Å². The third-order valence-electron chi connectivity index (χ3n) is 4.53. The molecular formula is C20H29N3OS. The molecule has 2 aromatic rings. The Kier molecular flexibility index (Phi) is 7.27. The van der Waals surface area contributed by atoms with Crippen LogP contribution in [-0.2, 0) is 11.2 Å². The highest BCUT2D eigenvalue weighted by Gasteiger charge is 2.13. The van der Waals surface area contributed by atoms with Crippen molar-refractivity contribution in [2.45, 2.75) is 32.6 Å². The number of aryl methyl sites for hydroxylation is 1. The molecule has 0 spiro atoms. The second-order valence-corrected chi connectivity index (χ2v) is 7.58. The maximum absolute atomic E-state index is 5.40. The molecule has 0 unspecified atom stereocenters. The topological polar surface area (TPSA) is 37.4 Å². The average molecular weight is 360 g/mol. The van der Waals surface area contributed by atoms with Gasteiger partial charge in [-0.3, -0.25) is 4.90 Å². The molecule has 0 amide bonds. The standard InChI is InChI=1S/C20H29N3OS/c1-2-3-10-18-19(17-8-5-4-6-9-17)22-20(25-18)21-11-7-12-23-13-15-24-16-14-23/h4-6,8-9H,2-3,7,10-16H2,1H3,(H,21,22). The zero-order valence-electron chi connectivity index (χ0n) is 15.2. The number of morpholine rings is 1. The van der Waals surface area contributed by atoms with Gasteiger partial charge in [0.2, 0.25) is 0 Å². The molecule has 0 bridgehead atoms. The maximum Gasteiger partial charge on any atom is 0.183 e. The summed E-state index contributed by atoms with van der Waals surface area (Å²) in [5.41, 5.74) is 2.39. The number of unbranched alkanes of at least 4 members (excludes halogenated alkanes) is 1. The highest BCUT2D eigenvalue weighted by molar-refractivity contribution is 7.16. The molecule has 1 N–H and O–H groups in total. The lowest BCUT2D eigenvalue weighted by Gasteiger charge is -2.26. The van der Waals surface area contributed by atoms with E-state index in [2.05, 4.69) is 47.5 Å². The van der Waals surface area contributed by atoms with Crippen LogP contribution >= 0.6 is 11.3 Å². The molecule has 1 aliphatic rings. The van der Waals surface area contributed by atoms with E-state index < -0.39 is 0 Å². The number of benzene rings is 1. The van der Waals surface area contributed by atoms with E-state index in [1.807, 2.05) is 11.3 Å². The van der Waals surface area contributed by atoms with Crippen molar-refractivity contribution < 1.29 is 4.74 Å². The Balaban J connectivity index is 1.56. The summed E-state index contributed by atoms with van der Waals surface area (Å²) < 4.78 is 5.40. The molecule has 1 fully saturated rings. The summed E-state index contributed by atoms with van der Waals surface area (Å²) in [5.74, 6) is 0. The summed E-state index contributed by atoms with van der Waals surface area (Å²) in [6.07, 6.45) is 4.70. The van der Waals surface area contributed by atoms with E-state index in [4.69, 9.17) is 9.72 Å². The quantitative estimate of drug-likeness (QED) is 0.678. The van der Waals surface area contributed by atoms with Crippen LogP contribution in [0.2, 0.25) is 0 Å². The lowest BCUT2D eigenvalue weighted by Crippen LogP contribution is -2.37. The van der Waals surface area contributed by atoms with Crippen LogP contribution in [0.1, 0.15) is 31.1 Å². The van der Waals surface area contributed by atoms with Crippen molar-refractivity contribution in [2.75, 3.05) is 44.7 Å². The highest BCUT2D eigenvalue weighted by atomic mass is 32.1. The van der Waals surface area contributed by atoms with E-state index in [-0.39, 0.29) is 0 Å². The number of ether oxygens (including phenoxy) is 1. The third kappa shape index (κ3) is 5.53. The van der Waals surface area contributed by atoms with Gasteiger partial charge in [-0.05, 0) is 25.8 Å². The Morgan fingerprint density at radius 1 is 1.16 bits per heavy atom. The molecule has 0 radical (unpaired) electrons. The molecular weight excluding hydrogens is 330 g/mol. The van der Waals surface area contributed by atoms with Crippen molar-refractivity contribution in [3.05, 3.63) is 35.2 Å². The van der Waals surface area contributed by atoms with Crippen molar-refractivity contribution in [2.24, 2.45) is 0 Å². The van der Waals surface area contributed by atoms with E-state index in [0.29, 0.717) is 0 Å². The molecule has 136 valence electrons. The fourth-order valence-electron chi connectivity index (χ4n) is 3.08. The fourth-order valence-corrected chi connectivity index (χ4v) is 4.13. The molecule has 4 nitrogen and oxygen atoms in total. The number of anilines is 1. The Labute approximate surface area is 155 Å². The van der Waals surface area contributed by atoms with E-state index in [0.717, 1.165) is 63.1 Å². The van der Waals surface area contributed by atoms with Gasteiger partial charge in [0.05, 0.1) is 18.9 Å². The van der Waals surface area contributed by atoms with Gasteiger partial charge in [-0.1, -0.05) is 43.7 Å². The van der Waals surface area contributed by atoms with Gasteiger partial charge < -0.3 is 10.1 Å². The average Bonchev–Trinajstić information content (AvgIpc) is 3.08. The number of rotatable bonds is 9. The molecule has 3 rings (SSSR count). The van der Waals surface area contributed by atoms with Crippen molar-refractivity contribution in [1.29, 1.82) is 0 Å². The predicted molar refractivity (Wildman–Crippen MR) is 107 cm³/mol. The monoisotopic (exact) mass is 359 g/mol. The normalized spacial score (nSPS) is 15.4. The molecule has 5 heteroatoms. The first-order valence-corrected chi connectivity index (χ1v) is 10.3. The molecule has 1 aromatic carbocycles. The Bertz CT molecular complexity index is 623. The van der Waals surface area contributed by atoms with Crippen LogP contribution in [0.3, 0.4) is 0 Å². The number of hydrogen-bond donors (Lipinski definition) is 1. The van der Waals surface area contributed by atoms with Crippen molar-refractivity contribution in [1.82, 2.24) is 9.88 Å². The number of thiazole rings is 1. The number of hydrogen-bond acceptors (Lipinski definition) is 5. The first kappa shape index (κ1) is 18.4. The Morgan fingerprint density at radius 2 is 1.96 bits per heavy atom. The molecule has 1 aliphatic heterocycles. The molecule has 0 aliphatic carbocycles. The summed E-state index contributed by atoms with van der Waals surface area (Å²) >= 11 is 1.82. The van der Waals surface area contributed by atoms with Crippen LogP contribution in [0.15, 0.2) is 30.3 Å². The fraction of sp³-hybridized carbons (Fsp3) is 0.550. The van der Waals surface area contributed by atoms with Gasteiger partial charge in [-0.15, -0.1) is 11.3 Å². The molecule has 0 atom stereocenters. The van der Waals surface area contributed by atoms with Crippen LogP contribution in [0.5, 0.6) is 0 Å². The number of aromatic nitrogens is 1. The second-order valence-electron chi connectivity index (χ2n) is 6.49. The van der Waals surface area contributed by atoms with Crippen LogP contribution in [0.4, 0.5) is 5.13 Å². The van der Waals surface area contributed by atoms with E-state index >= 15 is 0 Å². The van der Waals surface area contributed by atoms with Crippen LogP contribution in [0, 0.1) is 0 Å². The van der Waals surface area contributed by atoms with Crippen molar-refractivity contribution in [3.63, 3.8) is 0 Å². The van der Waals surface area contributed by atoms with Gasteiger partial charge in [0.25, 0.3) is 0 Å². The molecule has 1 saturated heterocycles. The number of nitrogens with one attached hydrogen (secondary N) is 1. The Hall–Kier alpha value is -1.43. The van der Waals surface area contributed by atoms with Gasteiger partial charge in [0.15, 0.2) is 5.13 Å². The van der Waals surface area contributed by atoms with Crippen LogP contribution in [0.25, 0.3) is 11.3 Å². The van der Waals surface area contributed by atoms with E-state index in [1.165, 1.54) is 23.3 Å². The number of nitrogens with zero attached hydrogens (tertiary/aromatic N) is 2. The molecule has 25 heavy (non-hydrogen) atoms. The van der Waals surface area contributed by atoms with Gasteiger partial charge in [-0.25, -0.2) is 4.98 Å². The third-order valence-corrected chi connectivity index (χ3v) is 5.61. The molecule has 1 aromatic heterocycles. The SMILES string of the molecule is CCCCc1sc(NCCCN2CCOCC2)nc1-c1ccccc1. The minimum Gasteiger partial charge on any atom is -0.379 e. The zero-order valence-corrected chi connectivity index (χ0v) is 16.0. The first-order valence-electron chi connectivity index (χ1n) is 9.46. The summed E-state index contributed by atoms with van der Waals surface area (Å²) in [6, 6.07) is 10.6. The second kappa shape index (κ2) is 9.90. The lowest BCUT2D eigenvalue weighted by atomic mass is 10.1. The van der Waals surface area contributed by atoms with Gasteiger partial charge in [0.1, 0.15) is 0 Å². The van der Waals surface area contributed by atoms with E-state index in [9.17, 15) is 0 Å². The first-order chi connectivity index (χ1) is 12.4. The van der Waals surface area contributed by atoms with Gasteiger partial charge >= 0.3 is 0 Å². The summed E-state index contributed by atoms with van der Waals surface area (Å²) in [4.78, 5) is 8.78. The van der Waals surface area contributed by atoms with Crippen LogP contribution < -0.4 is 5.32 Å². The minimum atomic E-state index is 0.876. The summed E-state index contributed by atoms with van der Waals surface area (Å²) in [5, 5.41) is 4.60.